The third-order valence-corrected chi connectivity index (χ3v) is 2.38. The summed E-state index contributed by atoms with van der Waals surface area (Å²) in [7, 11) is 0. The Bertz CT molecular complexity index is 350. The summed E-state index contributed by atoms with van der Waals surface area (Å²) in [6.07, 6.45) is -0.0422. The van der Waals surface area contributed by atoms with E-state index in [4.69, 9.17) is 15.2 Å². The smallest absolute Gasteiger partial charge is 0.165 e. The first-order valence-corrected chi connectivity index (χ1v) is 4.97. The van der Waals surface area contributed by atoms with E-state index in [2.05, 4.69) is 0 Å². The van der Waals surface area contributed by atoms with Crippen molar-refractivity contribution in [2.45, 2.75) is 19.1 Å². The van der Waals surface area contributed by atoms with Gasteiger partial charge in [-0.05, 0) is 13.0 Å². The molecule has 1 atom stereocenters. The minimum atomic E-state index is -0.364. The van der Waals surface area contributed by atoms with E-state index in [-0.39, 0.29) is 23.7 Å². The first-order chi connectivity index (χ1) is 7.18. The molecule has 1 aliphatic rings. The largest absolute Gasteiger partial charge is 0.482 e. The number of nitrogens with two attached hydrogens (primary N) is 1. The number of benzene rings is 1. The van der Waals surface area contributed by atoms with Gasteiger partial charge in [-0.1, -0.05) is 12.1 Å². The molecule has 82 valence electrons. The highest BCUT2D eigenvalue weighted by molar-refractivity contribution is 5.37. The zero-order valence-corrected chi connectivity index (χ0v) is 8.57. The van der Waals surface area contributed by atoms with Gasteiger partial charge in [-0.3, -0.25) is 0 Å². The van der Waals surface area contributed by atoms with E-state index in [9.17, 15) is 4.39 Å². The van der Waals surface area contributed by atoms with Crippen LogP contribution in [0.4, 0.5) is 4.39 Å². The highest BCUT2D eigenvalue weighted by Crippen LogP contribution is 2.28. The molecule has 0 bridgehead atoms. The second-order valence-electron chi connectivity index (χ2n) is 3.72. The minimum absolute atomic E-state index is 0.0422. The Labute approximate surface area is 88.0 Å². The average molecular weight is 211 g/mol. The molecule has 1 saturated heterocycles. The van der Waals surface area contributed by atoms with E-state index in [0.717, 1.165) is 0 Å². The first-order valence-electron chi connectivity index (χ1n) is 4.97. The van der Waals surface area contributed by atoms with Gasteiger partial charge in [0.1, 0.15) is 6.10 Å². The second-order valence-corrected chi connectivity index (χ2v) is 3.72. The standard InChI is InChI=1S/C11H14FNO2/c1-7(13)9-3-2-4-10(12)11(9)15-8-5-14-6-8/h2-4,7-8H,5-6,13H2,1H3. The van der Waals surface area contributed by atoms with Crippen LogP contribution in [0, 0.1) is 5.82 Å². The molecule has 0 spiro atoms. The maximum absolute atomic E-state index is 13.5. The Morgan fingerprint density at radius 1 is 1.53 bits per heavy atom. The number of halogens is 1. The van der Waals surface area contributed by atoms with Crippen LogP contribution in [-0.2, 0) is 4.74 Å². The van der Waals surface area contributed by atoms with Crippen molar-refractivity contribution in [1.82, 2.24) is 0 Å². The summed E-state index contributed by atoms with van der Waals surface area (Å²) in [6, 6.07) is 4.55. The van der Waals surface area contributed by atoms with Crippen LogP contribution < -0.4 is 10.5 Å². The van der Waals surface area contributed by atoms with Gasteiger partial charge in [-0.15, -0.1) is 0 Å². The fraction of sp³-hybridized carbons (Fsp3) is 0.455. The third-order valence-electron chi connectivity index (χ3n) is 2.38. The lowest BCUT2D eigenvalue weighted by atomic mass is 10.1. The molecule has 1 fully saturated rings. The number of hydrogen-bond acceptors (Lipinski definition) is 3. The summed E-state index contributed by atoms with van der Waals surface area (Å²) in [4.78, 5) is 0. The van der Waals surface area contributed by atoms with Crippen LogP contribution in [0.5, 0.6) is 5.75 Å². The molecule has 0 saturated carbocycles. The number of rotatable bonds is 3. The molecule has 1 unspecified atom stereocenters. The van der Waals surface area contributed by atoms with Crippen LogP contribution in [0.1, 0.15) is 18.5 Å². The summed E-state index contributed by atoms with van der Waals surface area (Å²) in [6.45, 7) is 2.85. The average Bonchev–Trinajstić information content (AvgIpc) is 2.12. The van der Waals surface area contributed by atoms with Crippen molar-refractivity contribution in [2.75, 3.05) is 13.2 Å². The maximum atomic E-state index is 13.5. The Balaban J connectivity index is 2.25. The highest BCUT2D eigenvalue weighted by atomic mass is 19.1. The van der Waals surface area contributed by atoms with Gasteiger partial charge < -0.3 is 15.2 Å². The minimum Gasteiger partial charge on any atom is -0.482 e. The molecule has 0 radical (unpaired) electrons. The van der Waals surface area contributed by atoms with Crippen LogP contribution in [0.25, 0.3) is 0 Å². The molecular weight excluding hydrogens is 197 g/mol. The quantitative estimate of drug-likeness (QED) is 0.826. The van der Waals surface area contributed by atoms with Crippen molar-refractivity contribution in [3.8, 4) is 5.75 Å². The zero-order chi connectivity index (χ0) is 10.8. The molecule has 1 aliphatic heterocycles. The predicted molar refractivity (Wildman–Crippen MR) is 54.2 cm³/mol. The number of hydrogen-bond donors (Lipinski definition) is 1. The molecule has 2 N–H and O–H groups in total. The molecule has 1 heterocycles. The molecule has 15 heavy (non-hydrogen) atoms. The number of para-hydroxylation sites is 1. The van der Waals surface area contributed by atoms with Gasteiger partial charge in [0.15, 0.2) is 11.6 Å². The van der Waals surface area contributed by atoms with Crippen LogP contribution >= 0.6 is 0 Å². The summed E-state index contributed by atoms with van der Waals surface area (Å²) in [5.74, 6) is -0.0995. The lowest BCUT2D eigenvalue weighted by Crippen LogP contribution is -2.39. The van der Waals surface area contributed by atoms with E-state index in [0.29, 0.717) is 18.8 Å². The molecule has 4 heteroatoms. The molecule has 3 nitrogen and oxygen atoms in total. The summed E-state index contributed by atoms with van der Waals surface area (Å²) in [5.41, 5.74) is 6.44. The van der Waals surface area contributed by atoms with Gasteiger partial charge in [-0.2, -0.15) is 0 Å². The van der Waals surface area contributed by atoms with E-state index in [1.54, 1.807) is 19.1 Å². The molecule has 0 amide bonds. The fourth-order valence-corrected chi connectivity index (χ4v) is 1.46. The summed E-state index contributed by atoms with van der Waals surface area (Å²) >= 11 is 0. The van der Waals surface area contributed by atoms with Gasteiger partial charge in [0.05, 0.1) is 13.2 Å². The van der Waals surface area contributed by atoms with Crippen molar-refractivity contribution in [1.29, 1.82) is 0 Å². The lowest BCUT2D eigenvalue weighted by Gasteiger charge is -2.28. The van der Waals surface area contributed by atoms with E-state index in [1.165, 1.54) is 6.07 Å². The van der Waals surface area contributed by atoms with E-state index in [1.807, 2.05) is 0 Å². The van der Waals surface area contributed by atoms with Gasteiger partial charge in [-0.25, -0.2) is 4.39 Å². The third kappa shape index (κ3) is 2.11. The molecule has 0 aliphatic carbocycles. The van der Waals surface area contributed by atoms with Crippen molar-refractivity contribution in [2.24, 2.45) is 5.73 Å². The lowest BCUT2D eigenvalue weighted by molar-refractivity contribution is -0.0813. The Hall–Kier alpha value is -1.13. The van der Waals surface area contributed by atoms with Crippen LogP contribution in [0.3, 0.4) is 0 Å². The molecule has 2 rings (SSSR count). The van der Waals surface area contributed by atoms with Gasteiger partial charge in [0.25, 0.3) is 0 Å². The molecule has 1 aromatic carbocycles. The normalized spacial score (nSPS) is 18.3. The van der Waals surface area contributed by atoms with Crippen molar-refractivity contribution in [3.05, 3.63) is 29.6 Å². The maximum Gasteiger partial charge on any atom is 0.165 e. The van der Waals surface area contributed by atoms with Crippen molar-refractivity contribution >= 4 is 0 Å². The van der Waals surface area contributed by atoms with Gasteiger partial charge >= 0.3 is 0 Å². The Morgan fingerprint density at radius 3 is 2.80 bits per heavy atom. The van der Waals surface area contributed by atoms with Crippen molar-refractivity contribution in [3.63, 3.8) is 0 Å². The highest BCUT2D eigenvalue weighted by Gasteiger charge is 2.23. The predicted octanol–water partition coefficient (Wildman–Crippen LogP) is 1.62. The van der Waals surface area contributed by atoms with Crippen LogP contribution in [0.2, 0.25) is 0 Å². The van der Waals surface area contributed by atoms with E-state index < -0.39 is 0 Å². The van der Waals surface area contributed by atoms with Crippen molar-refractivity contribution < 1.29 is 13.9 Å². The molecular formula is C11H14FNO2. The Morgan fingerprint density at radius 2 is 2.27 bits per heavy atom. The summed E-state index contributed by atoms with van der Waals surface area (Å²) < 4.78 is 24.0. The molecule has 1 aromatic rings. The van der Waals surface area contributed by atoms with Crippen LogP contribution in [0.15, 0.2) is 18.2 Å². The fourth-order valence-electron chi connectivity index (χ4n) is 1.46. The number of ether oxygens (including phenoxy) is 2. The monoisotopic (exact) mass is 211 g/mol. The van der Waals surface area contributed by atoms with Gasteiger partial charge in [0.2, 0.25) is 0 Å². The second kappa shape index (κ2) is 4.16. The molecule has 0 aromatic heterocycles. The first kappa shape index (κ1) is 10.4. The van der Waals surface area contributed by atoms with E-state index >= 15 is 0 Å². The SMILES string of the molecule is CC(N)c1cccc(F)c1OC1COC1. The Kier molecular flexibility index (Phi) is 2.88. The topological polar surface area (TPSA) is 44.5 Å². The summed E-state index contributed by atoms with van der Waals surface area (Å²) in [5, 5.41) is 0. The zero-order valence-electron chi connectivity index (χ0n) is 8.57. The van der Waals surface area contributed by atoms with Crippen LogP contribution in [-0.4, -0.2) is 19.3 Å². The van der Waals surface area contributed by atoms with Gasteiger partial charge in [0, 0.05) is 11.6 Å².